The molecule has 0 aliphatic rings. The number of amides is 1. The summed E-state index contributed by atoms with van der Waals surface area (Å²) in [6.45, 7) is 4.67. The van der Waals surface area contributed by atoms with Crippen LogP contribution in [0.25, 0.3) is 0 Å². The van der Waals surface area contributed by atoms with Crippen LogP contribution in [0.15, 0.2) is 54.6 Å². The van der Waals surface area contributed by atoms with Gasteiger partial charge in [-0.05, 0) is 38.0 Å². The van der Waals surface area contributed by atoms with Crippen LogP contribution in [0.5, 0.6) is 0 Å². The minimum atomic E-state index is -0.325. The number of thiol groups is 1. The van der Waals surface area contributed by atoms with Gasteiger partial charge in [-0.1, -0.05) is 48.0 Å². The van der Waals surface area contributed by atoms with Crippen LogP contribution in [0.2, 0.25) is 0 Å². The molecule has 21 heavy (non-hydrogen) atoms. The quantitative estimate of drug-likeness (QED) is 0.831. The predicted molar refractivity (Wildman–Crippen MR) is 92.1 cm³/mol. The van der Waals surface area contributed by atoms with Gasteiger partial charge in [0.15, 0.2) is 0 Å². The third-order valence-electron chi connectivity index (χ3n) is 3.48. The van der Waals surface area contributed by atoms with E-state index in [2.05, 4.69) is 12.6 Å². The number of hydrogen-bond donors (Lipinski definition) is 1. The Morgan fingerprint density at radius 3 is 2.29 bits per heavy atom. The summed E-state index contributed by atoms with van der Waals surface area (Å²) < 4.78 is 0. The molecule has 0 spiro atoms. The average Bonchev–Trinajstić information content (AvgIpc) is 2.50. The molecule has 0 aliphatic heterocycles. The van der Waals surface area contributed by atoms with Gasteiger partial charge in [0, 0.05) is 12.2 Å². The Balaban J connectivity index is 2.10. The van der Waals surface area contributed by atoms with Crippen LogP contribution in [-0.4, -0.2) is 17.7 Å². The molecule has 0 radical (unpaired) electrons. The first-order valence-electron chi connectivity index (χ1n) is 7.22. The number of aryl methyl sites for hydroxylation is 1. The van der Waals surface area contributed by atoms with Crippen LogP contribution in [0.3, 0.4) is 0 Å². The van der Waals surface area contributed by atoms with Crippen LogP contribution < -0.4 is 4.90 Å². The summed E-state index contributed by atoms with van der Waals surface area (Å²) in [4.78, 5) is 14.4. The molecule has 0 fully saturated rings. The average molecular weight is 299 g/mol. The highest BCUT2D eigenvalue weighted by Crippen LogP contribution is 2.19. The molecule has 1 atom stereocenters. The number of rotatable bonds is 5. The zero-order valence-electron chi connectivity index (χ0n) is 12.5. The SMILES string of the molecule is CCN(C(=O)C(S)Cc1ccccc1)c1ccc(C)cc1. The molecular formula is C18H21NOS. The lowest BCUT2D eigenvalue weighted by Gasteiger charge is -2.24. The van der Waals surface area contributed by atoms with E-state index in [9.17, 15) is 4.79 Å². The molecule has 0 N–H and O–H groups in total. The molecule has 2 aromatic rings. The van der Waals surface area contributed by atoms with E-state index < -0.39 is 0 Å². The van der Waals surface area contributed by atoms with Crippen molar-refractivity contribution in [2.24, 2.45) is 0 Å². The van der Waals surface area contributed by atoms with E-state index >= 15 is 0 Å². The van der Waals surface area contributed by atoms with Crippen molar-refractivity contribution in [3.8, 4) is 0 Å². The summed E-state index contributed by atoms with van der Waals surface area (Å²) in [6, 6.07) is 18.0. The van der Waals surface area contributed by atoms with Gasteiger partial charge in [0.2, 0.25) is 5.91 Å². The van der Waals surface area contributed by atoms with E-state index in [1.54, 1.807) is 4.90 Å². The van der Waals surface area contributed by atoms with Gasteiger partial charge in [0.05, 0.1) is 5.25 Å². The molecule has 0 saturated heterocycles. The first-order valence-corrected chi connectivity index (χ1v) is 7.73. The normalized spacial score (nSPS) is 12.0. The van der Waals surface area contributed by atoms with Gasteiger partial charge in [-0.15, -0.1) is 0 Å². The van der Waals surface area contributed by atoms with Crippen molar-refractivity contribution < 1.29 is 4.79 Å². The van der Waals surface area contributed by atoms with Crippen LogP contribution in [0.4, 0.5) is 5.69 Å². The number of carbonyl (C=O) groups excluding carboxylic acids is 1. The summed E-state index contributed by atoms with van der Waals surface area (Å²) in [5, 5.41) is -0.325. The van der Waals surface area contributed by atoms with Crippen LogP contribution in [0.1, 0.15) is 18.1 Å². The van der Waals surface area contributed by atoms with Gasteiger partial charge >= 0.3 is 0 Å². The van der Waals surface area contributed by atoms with Gasteiger partial charge in [0.1, 0.15) is 0 Å². The monoisotopic (exact) mass is 299 g/mol. The van der Waals surface area contributed by atoms with E-state index in [4.69, 9.17) is 0 Å². The molecule has 2 rings (SSSR count). The summed E-state index contributed by atoms with van der Waals surface area (Å²) in [7, 11) is 0. The third-order valence-corrected chi connectivity index (χ3v) is 3.89. The fourth-order valence-corrected chi connectivity index (χ4v) is 2.65. The van der Waals surface area contributed by atoms with E-state index in [0.717, 1.165) is 11.3 Å². The van der Waals surface area contributed by atoms with E-state index in [0.29, 0.717) is 13.0 Å². The molecule has 0 bridgehead atoms. The molecule has 0 saturated carbocycles. The highest BCUT2D eigenvalue weighted by Gasteiger charge is 2.21. The smallest absolute Gasteiger partial charge is 0.240 e. The van der Waals surface area contributed by atoms with Crippen LogP contribution >= 0.6 is 12.6 Å². The second kappa shape index (κ2) is 7.32. The summed E-state index contributed by atoms with van der Waals surface area (Å²) >= 11 is 4.51. The molecule has 110 valence electrons. The third kappa shape index (κ3) is 4.11. The topological polar surface area (TPSA) is 20.3 Å². The largest absolute Gasteiger partial charge is 0.312 e. The summed E-state index contributed by atoms with van der Waals surface area (Å²) in [5.74, 6) is 0.0496. The van der Waals surface area contributed by atoms with Gasteiger partial charge in [-0.25, -0.2) is 0 Å². The maximum atomic E-state index is 12.6. The molecule has 2 nitrogen and oxygen atoms in total. The summed E-state index contributed by atoms with van der Waals surface area (Å²) in [5.41, 5.74) is 3.25. The first kappa shape index (κ1) is 15.6. The van der Waals surface area contributed by atoms with Crippen molar-refractivity contribution in [2.75, 3.05) is 11.4 Å². The molecule has 1 unspecified atom stereocenters. The molecule has 2 aromatic carbocycles. The van der Waals surface area contributed by atoms with Crippen molar-refractivity contribution >= 4 is 24.2 Å². The Morgan fingerprint density at radius 1 is 1.10 bits per heavy atom. The Bertz CT molecular complexity index is 580. The minimum Gasteiger partial charge on any atom is -0.312 e. The fraction of sp³-hybridized carbons (Fsp3) is 0.278. The van der Waals surface area contributed by atoms with E-state index in [1.165, 1.54) is 5.56 Å². The zero-order valence-corrected chi connectivity index (χ0v) is 13.4. The highest BCUT2D eigenvalue weighted by molar-refractivity contribution is 7.81. The lowest BCUT2D eigenvalue weighted by Crippen LogP contribution is -2.37. The Labute approximate surface area is 132 Å². The Morgan fingerprint density at radius 2 is 1.71 bits per heavy atom. The molecule has 0 aromatic heterocycles. The number of anilines is 1. The number of hydrogen-bond acceptors (Lipinski definition) is 2. The van der Waals surface area contributed by atoms with Gasteiger partial charge in [-0.3, -0.25) is 4.79 Å². The summed E-state index contributed by atoms with van der Waals surface area (Å²) in [6.07, 6.45) is 0.644. The van der Waals surface area contributed by atoms with Crippen molar-refractivity contribution in [3.05, 3.63) is 65.7 Å². The van der Waals surface area contributed by atoms with E-state index in [1.807, 2.05) is 68.4 Å². The fourth-order valence-electron chi connectivity index (χ4n) is 2.29. The van der Waals surface area contributed by atoms with Gasteiger partial charge in [0.25, 0.3) is 0 Å². The first-order chi connectivity index (χ1) is 10.1. The van der Waals surface area contributed by atoms with Crippen molar-refractivity contribution in [3.63, 3.8) is 0 Å². The molecule has 3 heteroatoms. The predicted octanol–water partition coefficient (Wildman–Crippen LogP) is 3.89. The Kier molecular flexibility index (Phi) is 5.45. The standard InChI is InChI=1S/C18H21NOS/c1-3-19(16-11-9-14(2)10-12-16)18(20)17(21)13-15-7-5-4-6-8-15/h4-12,17,21H,3,13H2,1-2H3. The lowest BCUT2D eigenvalue weighted by molar-refractivity contribution is -0.118. The minimum absolute atomic E-state index is 0.0496. The van der Waals surface area contributed by atoms with Crippen molar-refractivity contribution in [2.45, 2.75) is 25.5 Å². The highest BCUT2D eigenvalue weighted by atomic mass is 32.1. The number of benzene rings is 2. The van der Waals surface area contributed by atoms with Gasteiger partial charge in [-0.2, -0.15) is 12.6 Å². The molecular weight excluding hydrogens is 278 g/mol. The number of nitrogens with zero attached hydrogens (tertiary/aromatic N) is 1. The van der Waals surface area contributed by atoms with Crippen molar-refractivity contribution in [1.82, 2.24) is 0 Å². The van der Waals surface area contributed by atoms with Crippen LogP contribution in [-0.2, 0) is 11.2 Å². The zero-order chi connectivity index (χ0) is 15.2. The molecule has 0 heterocycles. The Hall–Kier alpha value is -1.74. The number of carbonyl (C=O) groups is 1. The second-order valence-electron chi connectivity index (χ2n) is 5.12. The maximum absolute atomic E-state index is 12.6. The van der Waals surface area contributed by atoms with Crippen LogP contribution in [0, 0.1) is 6.92 Å². The van der Waals surface area contributed by atoms with Gasteiger partial charge < -0.3 is 4.90 Å². The van der Waals surface area contributed by atoms with E-state index in [-0.39, 0.29) is 11.2 Å². The molecule has 0 aliphatic carbocycles. The lowest BCUT2D eigenvalue weighted by atomic mass is 10.1. The second-order valence-corrected chi connectivity index (χ2v) is 5.75. The van der Waals surface area contributed by atoms with Crippen molar-refractivity contribution in [1.29, 1.82) is 0 Å². The molecule has 1 amide bonds. The maximum Gasteiger partial charge on any atom is 0.240 e.